The molecular weight excluding hydrogens is 769 g/mol. The zero-order valence-electron chi connectivity index (χ0n) is 41.3. The number of hydrogen-bond donors (Lipinski definition) is 3. The average molecular weight is 867 g/mol. The molecule has 0 aromatic rings. The second kappa shape index (κ2) is 28.1. The van der Waals surface area contributed by atoms with E-state index in [1.54, 1.807) is 4.90 Å². The molecule has 4 aliphatic rings. The molecule has 0 spiro atoms. The Labute approximate surface area is 381 Å². The van der Waals surface area contributed by atoms with Gasteiger partial charge in [0.2, 0.25) is 11.8 Å². The SMILES string of the molecule is CCCCCCCCCCCCCC(=O)NCCCCN(CC(=O)NCCCCCCN)C(=O)O[C@H]1CC[C@@]2(C)C(=CC[C@H]3[C@@H]4CC[C@H]([C@H](C)CCCC(C)C)[C@@]4(C)CC[C@@H]32)C1. The lowest BCUT2D eigenvalue weighted by molar-refractivity contribution is -0.122. The van der Waals surface area contributed by atoms with Gasteiger partial charge in [0.05, 0.1) is 0 Å². The van der Waals surface area contributed by atoms with Gasteiger partial charge in [0.25, 0.3) is 0 Å². The number of nitrogens with two attached hydrogens (primary N) is 1. The number of allylic oxidation sites excluding steroid dienone is 1. The van der Waals surface area contributed by atoms with Crippen LogP contribution in [0.2, 0.25) is 0 Å². The summed E-state index contributed by atoms with van der Waals surface area (Å²) < 4.78 is 6.31. The van der Waals surface area contributed by atoms with Crippen molar-refractivity contribution in [3.8, 4) is 0 Å². The van der Waals surface area contributed by atoms with Crippen molar-refractivity contribution in [2.24, 2.45) is 52.1 Å². The van der Waals surface area contributed by atoms with Crippen molar-refractivity contribution in [1.82, 2.24) is 15.5 Å². The molecular formula is C54H98N4O4. The summed E-state index contributed by atoms with van der Waals surface area (Å²) in [4.78, 5) is 41.2. The van der Waals surface area contributed by atoms with E-state index in [1.807, 2.05) is 0 Å². The van der Waals surface area contributed by atoms with E-state index in [0.717, 1.165) is 99.7 Å². The summed E-state index contributed by atoms with van der Waals surface area (Å²) >= 11 is 0. The Bertz CT molecular complexity index is 1340. The molecule has 4 aliphatic carbocycles. The molecule has 0 bridgehead atoms. The normalized spacial score (nSPS) is 27.2. The van der Waals surface area contributed by atoms with Crippen LogP contribution in [0.1, 0.15) is 228 Å². The molecule has 0 unspecified atom stereocenters. The second-order valence-corrected chi connectivity index (χ2v) is 21.9. The molecule has 8 heteroatoms. The molecule has 0 saturated heterocycles. The third-order valence-electron chi connectivity index (χ3n) is 16.8. The number of rotatable bonds is 31. The number of fused-ring (bicyclic) bond motifs is 5. The molecule has 358 valence electrons. The monoisotopic (exact) mass is 867 g/mol. The number of carbonyl (C=O) groups excluding carboxylic acids is 3. The Morgan fingerprint density at radius 3 is 2.08 bits per heavy atom. The van der Waals surface area contributed by atoms with E-state index in [0.29, 0.717) is 44.4 Å². The van der Waals surface area contributed by atoms with Crippen LogP contribution in [0.25, 0.3) is 0 Å². The number of unbranched alkanes of at least 4 members (excludes halogenated alkanes) is 14. The molecule has 3 saturated carbocycles. The van der Waals surface area contributed by atoms with Gasteiger partial charge in [-0.3, -0.25) is 14.5 Å². The van der Waals surface area contributed by atoms with Crippen molar-refractivity contribution < 1.29 is 19.1 Å². The largest absolute Gasteiger partial charge is 0.446 e. The first kappa shape index (κ1) is 52.5. The number of nitrogens with zero attached hydrogens (tertiary/aromatic N) is 1. The molecule has 3 fully saturated rings. The maximum atomic E-state index is 13.9. The molecule has 0 radical (unpaired) electrons. The standard InChI is InChI=1S/C54H98N4O4/c1-7-8-9-10-11-12-13-14-15-16-19-27-50(59)56-38-22-23-39-58(41-51(60)57-37-21-18-17-20-36-55)52(61)62-45-32-34-53(5)44(40-45)28-29-46-48-31-30-47(43(4)26-24-25-42(2)3)54(48,6)35-33-49(46)53/h28,42-43,45-49H,7-27,29-41,55H2,1-6H3,(H,56,59)(H,57,60)/t43-,45+,46+,47-,48+,49+,53+,54-/m1/s1. The van der Waals surface area contributed by atoms with E-state index < -0.39 is 0 Å². The number of ether oxygens (including phenoxy) is 1. The van der Waals surface area contributed by atoms with Gasteiger partial charge in [-0.05, 0) is 130 Å². The minimum Gasteiger partial charge on any atom is -0.446 e. The molecule has 0 heterocycles. The van der Waals surface area contributed by atoms with Crippen LogP contribution < -0.4 is 16.4 Å². The van der Waals surface area contributed by atoms with Gasteiger partial charge in [-0.15, -0.1) is 0 Å². The predicted molar refractivity (Wildman–Crippen MR) is 259 cm³/mol. The fraction of sp³-hybridized carbons (Fsp3) is 0.907. The van der Waals surface area contributed by atoms with E-state index in [4.69, 9.17) is 10.5 Å². The van der Waals surface area contributed by atoms with E-state index in [2.05, 4.69) is 58.3 Å². The Hall–Kier alpha value is -2.09. The predicted octanol–water partition coefficient (Wildman–Crippen LogP) is 13.1. The van der Waals surface area contributed by atoms with Crippen LogP contribution in [-0.2, 0) is 14.3 Å². The van der Waals surface area contributed by atoms with E-state index >= 15 is 0 Å². The summed E-state index contributed by atoms with van der Waals surface area (Å²) in [5.74, 6) is 4.80. The van der Waals surface area contributed by atoms with Crippen molar-refractivity contribution >= 4 is 17.9 Å². The van der Waals surface area contributed by atoms with Crippen LogP contribution in [-0.4, -0.2) is 61.6 Å². The van der Waals surface area contributed by atoms with Crippen molar-refractivity contribution in [2.75, 3.05) is 32.7 Å². The number of amides is 3. The van der Waals surface area contributed by atoms with E-state index in [-0.39, 0.29) is 36.0 Å². The summed E-state index contributed by atoms with van der Waals surface area (Å²) in [5.41, 5.74) is 7.83. The van der Waals surface area contributed by atoms with Gasteiger partial charge < -0.3 is 21.1 Å². The lowest BCUT2D eigenvalue weighted by atomic mass is 9.47. The quantitative estimate of drug-likeness (QED) is 0.0474. The molecule has 8 nitrogen and oxygen atoms in total. The van der Waals surface area contributed by atoms with Crippen molar-refractivity contribution in [3.63, 3.8) is 0 Å². The number of nitrogens with one attached hydrogen (secondary N) is 2. The molecule has 62 heavy (non-hydrogen) atoms. The first-order valence-corrected chi connectivity index (χ1v) is 26.8. The van der Waals surface area contributed by atoms with Crippen molar-refractivity contribution in [3.05, 3.63) is 11.6 Å². The van der Waals surface area contributed by atoms with Gasteiger partial charge in [-0.1, -0.05) is 150 Å². The van der Waals surface area contributed by atoms with Crippen LogP contribution in [0, 0.1) is 46.3 Å². The molecule has 8 atom stereocenters. The Morgan fingerprint density at radius 2 is 1.39 bits per heavy atom. The smallest absolute Gasteiger partial charge is 0.410 e. The summed E-state index contributed by atoms with van der Waals surface area (Å²) in [7, 11) is 0. The van der Waals surface area contributed by atoms with Gasteiger partial charge >= 0.3 is 6.09 Å². The van der Waals surface area contributed by atoms with Crippen molar-refractivity contribution in [1.29, 1.82) is 0 Å². The minimum absolute atomic E-state index is 0.00122. The fourth-order valence-corrected chi connectivity index (χ4v) is 13.0. The van der Waals surface area contributed by atoms with Crippen LogP contribution in [0.4, 0.5) is 4.79 Å². The molecule has 3 amide bonds. The summed E-state index contributed by atoms with van der Waals surface area (Å²) in [5, 5.41) is 6.13. The molecule has 0 aromatic carbocycles. The third-order valence-corrected chi connectivity index (χ3v) is 16.8. The molecule has 0 aliphatic heterocycles. The Kier molecular flexibility index (Phi) is 23.8. The highest BCUT2D eigenvalue weighted by Crippen LogP contribution is 2.67. The third kappa shape index (κ3) is 16.4. The fourth-order valence-electron chi connectivity index (χ4n) is 13.0. The highest BCUT2D eigenvalue weighted by molar-refractivity contribution is 5.82. The number of carbonyl (C=O) groups is 3. The lowest BCUT2D eigenvalue weighted by Crippen LogP contribution is -2.51. The maximum absolute atomic E-state index is 13.9. The minimum atomic E-state index is -0.376. The molecule has 4 N–H and O–H groups in total. The Morgan fingerprint density at radius 1 is 0.742 bits per heavy atom. The lowest BCUT2D eigenvalue weighted by Gasteiger charge is -2.58. The van der Waals surface area contributed by atoms with Crippen molar-refractivity contribution in [2.45, 2.75) is 234 Å². The van der Waals surface area contributed by atoms with Gasteiger partial charge in [0, 0.05) is 32.5 Å². The van der Waals surface area contributed by atoms with E-state index in [9.17, 15) is 14.4 Å². The maximum Gasteiger partial charge on any atom is 0.410 e. The van der Waals surface area contributed by atoms with Crippen LogP contribution in [0.5, 0.6) is 0 Å². The summed E-state index contributed by atoms with van der Waals surface area (Å²) in [6.07, 6.45) is 35.7. The van der Waals surface area contributed by atoms with Gasteiger partial charge in [-0.2, -0.15) is 0 Å². The van der Waals surface area contributed by atoms with Crippen LogP contribution in [0.3, 0.4) is 0 Å². The second-order valence-electron chi connectivity index (χ2n) is 21.9. The topological polar surface area (TPSA) is 114 Å². The first-order valence-electron chi connectivity index (χ1n) is 26.8. The van der Waals surface area contributed by atoms with Gasteiger partial charge in [0.1, 0.15) is 12.6 Å². The highest BCUT2D eigenvalue weighted by atomic mass is 16.6. The Balaban J connectivity index is 1.23. The summed E-state index contributed by atoms with van der Waals surface area (Å²) in [6.45, 7) is 17.1. The van der Waals surface area contributed by atoms with Gasteiger partial charge in [-0.25, -0.2) is 4.79 Å². The zero-order chi connectivity index (χ0) is 44.8. The number of hydrogen-bond acceptors (Lipinski definition) is 5. The average Bonchev–Trinajstić information content (AvgIpc) is 3.60. The summed E-state index contributed by atoms with van der Waals surface area (Å²) in [6, 6.07) is 0. The highest BCUT2D eigenvalue weighted by Gasteiger charge is 2.59. The van der Waals surface area contributed by atoms with E-state index in [1.165, 1.54) is 115 Å². The van der Waals surface area contributed by atoms with Crippen LogP contribution >= 0.6 is 0 Å². The van der Waals surface area contributed by atoms with Crippen LogP contribution in [0.15, 0.2) is 11.6 Å². The zero-order valence-corrected chi connectivity index (χ0v) is 41.3. The van der Waals surface area contributed by atoms with Gasteiger partial charge in [0.15, 0.2) is 0 Å². The molecule has 4 rings (SSSR count). The molecule has 0 aromatic heterocycles. The first-order chi connectivity index (χ1) is 29.9.